The molecule has 182 valence electrons. The summed E-state index contributed by atoms with van der Waals surface area (Å²) < 4.78 is 22.1. The Labute approximate surface area is 214 Å². The summed E-state index contributed by atoms with van der Waals surface area (Å²) in [5.41, 5.74) is 2.28. The van der Waals surface area contributed by atoms with E-state index in [2.05, 4.69) is 20.9 Å². The van der Waals surface area contributed by atoms with Crippen LogP contribution in [0.3, 0.4) is 0 Å². The minimum Gasteiger partial charge on any atom is -0.447 e. The van der Waals surface area contributed by atoms with E-state index in [4.69, 9.17) is 44.3 Å². The standard InChI is InChI=1S/C23H18Cl3FN4O4/c1-28-21(33)17-10-13(8-9-29-17)12-30-16-5-3-2-4-15(16)20(32)31-14-6-7-18-19(11-14)35-23(26,27)22(24,25)34-18/h2-11,30H,12H2,1H3,(H,28,33)(H,31,32). The molecule has 35 heavy (non-hydrogen) atoms. The lowest BCUT2D eigenvalue weighted by molar-refractivity contribution is -0.0802. The first-order valence-corrected chi connectivity index (χ1v) is 11.3. The van der Waals surface area contributed by atoms with Gasteiger partial charge in [0.2, 0.25) is 0 Å². The van der Waals surface area contributed by atoms with Gasteiger partial charge in [-0.2, -0.15) is 4.39 Å². The van der Waals surface area contributed by atoms with E-state index in [0.717, 1.165) is 5.56 Å². The maximum Gasteiger partial charge on any atom is 0.397 e. The Balaban J connectivity index is 1.49. The predicted molar refractivity (Wildman–Crippen MR) is 131 cm³/mol. The van der Waals surface area contributed by atoms with E-state index in [1.807, 2.05) is 0 Å². The maximum atomic E-state index is 14.4. The topological polar surface area (TPSA) is 102 Å². The molecule has 1 aliphatic rings. The zero-order valence-corrected chi connectivity index (χ0v) is 20.3. The fraction of sp³-hybridized carbons (Fsp3) is 0.174. The molecule has 0 spiro atoms. The largest absolute Gasteiger partial charge is 0.447 e. The number of hydrogen-bond acceptors (Lipinski definition) is 6. The average Bonchev–Trinajstić information content (AvgIpc) is 2.83. The van der Waals surface area contributed by atoms with Gasteiger partial charge in [0.15, 0.2) is 11.5 Å². The van der Waals surface area contributed by atoms with Gasteiger partial charge in [0, 0.05) is 37.2 Å². The number of carbonyl (C=O) groups is 2. The van der Waals surface area contributed by atoms with Gasteiger partial charge in [-0.05, 0) is 76.8 Å². The average molecular weight is 540 g/mol. The number of alkyl halides is 4. The minimum atomic E-state index is -3.03. The summed E-state index contributed by atoms with van der Waals surface area (Å²) in [4.78, 5) is 28.8. The highest BCUT2D eigenvalue weighted by atomic mass is 35.5. The molecule has 0 saturated carbocycles. The van der Waals surface area contributed by atoms with Crippen LogP contribution in [-0.4, -0.2) is 33.7 Å². The zero-order valence-electron chi connectivity index (χ0n) is 18.1. The van der Waals surface area contributed by atoms with Crippen molar-refractivity contribution >= 4 is 58.0 Å². The van der Waals surface area contributed by atoms with Crippen LogP contribution in [0.4, 0.5) is 15.8 Å². The van der Waals surface area contributed by atoms with Crippen LogP contribution in [0.15, 0.2) is 60.8 Å². The van der Waals surface area contributed by atoms with Crippen molar-refractivity contribution < 1.29 is 23.5 Å². The zero-order chi connectivity index (χ0) is 25.2. The molecule has 1 unspecified atom stereocenters. The first kappa shape index (κ1) is 24.8. The van der Waals surface area contributed by atoms with Crippen molar-refractivity contribution in [2.75, 3.05) is 17.7 Å². The lowest BCUT2D eigenvalue weighted by Gasteiger charge is -2.36. The van der Waals surface area contributed by atoms with E-state index < -0.39 is 15.7 Å². The van der Waals surface area contributed by atoms with E-state index in [9.17, 15) is 14.0 Å². The molecule has 3 N–H and O–H groups in total. The second kappa shape index (κ2) is 9.77. The molecule has 2 aromatic carbocycles. The van der Waals surface area contributed by atoms with Gasteiger partial charge in [-0.1, -0.05) is 12.1 Å². The summed E-state index contributed by atoms with van der Waals surface area (Å²) in [6, 6.07) is 14.5. The molecule has 8 nitrogen and oxygen atoms in total. The van der Waals surface area contributed by atoms with Gasteiger partial charge in [0.05, 0.1) is 5.56 Å². The summed E-state index contributed by atoms with van der Waals surface area (Å²) in [5.74, 6) is -0.773. The highest BCUT2D eigenvalue weighted by Crippen LogP contribution is 2.51. The Bertz CT molecular complexity index is 1290. The lowest BCUT2D eigenvalue weighted by atomic mass is 10.1. The van der Waals surface area contributed by atoms with Crippen molar-refractivity contribution in [3.05, 3.63) is 77.6 Å². The third kappa shape index (κ3) is 5.37. The molecule has 2 amide bonds. The van der Waals surface area contributed by atoms with Crippen LogP contribution in [-0.2, 0) is 6.54 Å². The van der Waals surface area contributed by atoms with Crippen molar-refractivity contribution in [2.45, 2.75) is 16.4 Å². The predicted octanol–water partition coefficient (Wildman–Crippen LogP) is 5.07. The number of pyridine rings is 1. The van der Waals surface area contributed by atoms with Crippen molar-refractivity contribution in [1.29, 1.82) is 0 Å². The van der Waals surface area contributed by atoms with Gasteiger partial charge in [0.1, 0.15) is 5.69 Å². The summed E-state index contributed by atoms with van der Waals surface area (Å²) in [6.45, 7) is 0.341. The number of anilines is 2. The first-order chi connectivity index (χ1) is 16.6. The Morgan fingerprint density at radius 2 is 1.77 bits per heavy atom. The van der Waals surface area contributed by atoms with Gasteiger partial charge in [-0.25, -0.2) is 0 Å². The molecule has 3 aromatic rings. The molecule has 0 aliphatic carbocycles. The molecule has 0 bridgehead atoms. The fourth-order valence-corrected chi connectivity index (χ4v) is 3.58. The molecule has 1 aromatic heterocycles. The molecule has 4 rings (SSSR count). The lowest BCUT2D eigenvalue weighted by Crippen LogP contribution is -2.49. The van der Waals surface area contributed by atoms with E-state index in [-0.39, 0.29) is 23.1 Å². The van der Waals surface area contributed by atoms with E-state index in [0.29, 0.717) is 23.5 Å². The summed E-state index contributed by atoms with van der Waals surface area (Å²) in [7, 11) is 1.53. The number of nitrogens with one attached hydrogen (secondary N) is 3. The minimum absolute atomic E-state index is 0.0532. The number of amides is 2. The molecular weight excluding hydrogens is 522 g/mol. The van der Waals surface area contributed by atoms with Crippen molar-refractivity contribution in [3.8, 4) is 11.5 Å². The van der Waals surface area contributed by atoms with Gasteiger partial charge >= 0.3 is 9.83 Å². The van der Waals surface area contributed by atoms with Crippen LogP contribution >= 0.6 is 34.8 Å². The van der Waals surface area contributed by atoms with Gasteiger partial charge in [-0.15, -0.1) is 0 Å². The number of para-hydroxylation sites is 1. The molecule has 1 atom stereocenters. The van der Waals surface area contributed by atoms with E-state index >= 15 is 0 Å². The van der Waals surface area contributed by atoms with Crippen LogP contribution < -0.4 is 25.4 Å². The molecule has 0 radical (unpaired) electrons. The number of hydrogen-bond donors (Lipinski definition) is 3. The van der Waals surface area contributed by atoms with Crippen LogP contribution in [0.2, 0.25) is 0 Å². The molecule has 0 fully saturated rings. The van der Waals surface area contributed by atoms with Crippen molar-refractivity contribution in [3.63, 3.8) is 0 Å². The Morgan fingerprint density at radius 3 is 2.54 bits per heavy atom. The third-order valence-corrected chi connectivity index (χ3v) is 6.13. The molecule has 12 heteroatoms. The third-order valence-electron chi connectivity index (χ3n) is 4.96. The molecule has 1 aliphatic heterocycles. The molecule has 2 heterocycles. The number of benzene rings is 2. The SMILES string of the molecule is CNC(=O)c1cc(CNc2ccccc2C(=O)Nc2ccc3c(c2)OC(F)(Cl)C(Cl)(Cl)O3)ccn1. The summed E-state index contributed by atoms with van der Waals surface area (Å²) in [5, 5.41) is 5.40. The van der Waals surface area contributed by atoms with E-state index in [1.165, 1.54) is 31.4 Å². The second-order valence-corrected chi connectivity index (χ2v) is 9.13. The normalized spacial score (nSPS) is 17.9. The maximum absolute atomic E-state index is 14.4. The number of aromatic nitrogens is 1. The number of rotatable bonds is 6. The number of halogens is 4. The molecular formula is C23H18Cl3FN4O4. The van der Waals surface area contributed by atoms with E-state index in [1.54, 1.807) is 36.4 Å². The highest BCUT2D eigenvalue weighted by Gasteiger charge is 2.58. The Kier molecular flexibility index (Phi) is 6.93. The van der Waals surface area contributed by atoms with Crippen LogP contribution in [0.1, 0.15) is 26.4 Å². The van der Waals surface area contributed by atoms with Gasteiger partial charge in [-0.3, -0.25) is 14.6 Å². The van der Waals surface area contributed by atoms with Gasteiger partial charge in [0.25, 0.3) is 11.8 Å². The fourth-order valence-electron chi connectivity index (χ4n) is 3.21. The van der Waals surface area contributed by atoms with Gasteiger partial charge < -0.3 is 25.4 Å². The smallest absolute Gasteiger partial charge is 0.397 e. The van der Waals surface area contributed by atoms with Crippen LogP contribution in [0.5, 0.6) is 11.5 Å². The number of ether oxygens (including phenoxy) is 2. The van der Waals surface area contributed by atoms with Crippen LogP contribution in [0.25, 0.3) is 0 Å². The number of fused-ring (bicyclic) bond motifs is 1. The summed E-state index contributed by atoms with van der Waals surface area (Å²) in [6.07, 6.45) is 1.54. The molecule has 0 saturated heterocycles. The second-order valence-electron chi connectivity index (χ2n) is 7.38. The number of carbonyl (C=O) groups excluding carboxylic acids is 2. The number of nitrogens with zero attached hydrogens (tertiary/aromatic N) is 1. The highest BCUT2D eigenvalue weighted by molar-refractivity contribution is 6.52. The summed E-state index contributed by atoms with van der Waals surface area (Å²) >= 11 is 17.0. The Morgan fingerprint density at radius 1 is 1.00 bits per heavy atom. The first-order valence-electron chi connectivity index (χ1n) is 10.2. The monoisotopic (exact) mass is 538 g/mol. The van der Waals surface area contributed by atoms with Crippen LogP contribution in [0, 0.1) is 0 Å². The van der Waals surface area contributed by atoms with Crippen molar-refractivity contribution in [1.82, 2.24) is 10.3 Å². The Hall–Kier alpha value is -3.27. The van der Waals surface area contributed by atoms with Crippen molar-refractivity contribution in [2.24, 2.45) is 0 Å². The quantitative estimate of drug-likeness (QED) is 0.378.